The van der Waals surface area contributed by atoms with E-state index in [0.29, 0.717) is 11.0 Å². The number of aromatic nitrogens is 4. The molecule has 0 spiro atoms. The minimum absolute atomic E-state index is 0.00786. The minimum Gasteiger partial charge on any atom is -0.392 e. The molecule has 154 valence electrons. The van der Waals surface area contributed by atoms with Crippen molar-refractivity contribution < 1.29 is 9.80 Å². The van der Waals surface area contributed by atoms with Gasteiger partial charge in [0.25, 0.3) is 0 Å². The second-order valence-corrected chi connectivity index (χ2v) is 7.65. The zero-order valence-electron chi connectivity index (χ0n) is 16.8. The van der Waals surface area contributed by atoms with Crippen LogP contribution < -0.4 is 0 Å². The van der Waals surface area contributed by atoms with Gasteiger partial charge in [0.05, 0.1) is 12.2 Å². The smallest absolute Gasteiger partial charge is 0.209 e. The summed E-state index contributed by atoms with van der Waals surface area (Å²) >= 11 is 6.28. The molecule has 1 atom stereocenters. The predicted molar refractivity (Wildman–Crippen MR) is 115 cm³/mol. The topological polar surface area (TPSA) is 90.1 Å². The van der Waals surface area contributed by atoms with Crippen LogP contribution in [-0.2, 0) is 6.42 Å². The van der Waals surface area contributed by atoms with Crippen LogP contribution in [0.2, 0.25) is 0 Å². The SMILES string of the molecule is CCCC[N+]1=NC(Cl)=C(CO)C1Cc1ccc(-c2ccccc2-c2nn[nH]n2)cc1. The standard InChI is InChI=1S/C22H24ClN6O/c1-2-3-12-29-20(19(14-30)21(23)26-29)13-15-8-10-16(11-9-15)17-6-4-5-7-18(17)22-24-27-28-25-22/h4-11,20,30H,2-3,12-14H2,1H3,(H,24,25,27,28)/q+1. The van der Waals surface area contributed by atoms with E-state index in [1.54, 1.807) is 0 Å². The number of unbranched alkanes of at least 4 members (excludes halogenated alkanes) is 1. The fraction of sp³-hybridized carbons (Fsp3) is 0.318. The van der Waals surface area contributed by atoms with Crippen LogP contribution in [-0.4, -0.2) is 49.6 Å². The molecular formula is C22H24ClN6O+. The van der Waals surface area contributed by atoms with Gasteiger partial charge in [-0.05, 0) is 21.9 Å². The van der Waals surface area contributed by atoms with Crippen molar-refractivity contribution in [1.82, 2.24) is 20.6 Å². The molecule has 1 unspecified atom stereocenters. The van der Waals surface area contributed by atoms with Crippen LogP contribution in [0.15, 0.2) is 64.4 Å². The first-order chi connectivity index (χ1) is 14.7. The number of halogens is 1. The van der Waals surface area contributed by atoms with Crippen LogP contribution >= 0.6 is 11.6 Å². The number of aliphatic hydroxyl groups excluding tert-OH is 1. The van der Waals surface area contributed by atoms with Gasteiger partial charge in [-0.25, -0.2) is 0 Å². The Bertz CT molecular complexity index is 1060. The van der Waals surface area contributed by atoms with Crippen LogP contribution in [0.5, 0.6) is 0 Å². The van der Waals surface area contributed by atoms with Gasteiger partial charge in [0.15, 0.2) is 6.54 Å². The van der Waals surface area contributed by atoms with Gasteiger partial charge < -0.3 is 5.11 Å². The summed E-state index contributed by atoms with van der Waals surface area (Å²) in [6, 6.07) is 16.4. The lowest BCUT2D eigenvalue weighted by atomic mass is 9.95. The number of nitrogens with zero attached hydrogens (tertiary/aromatic N) is 5. The molecule has 0 fully saturated rings. The summed E-state index contributed by atoms with van der Waals surface area (Å²) in [7, 11) is 0. The highest BCUT2D eigenvalue weighted by atomic mass is 35.5. The second kappa shape index (κ2) is 9.28. The quantitative estimate of drug-likeness (QED) is 0.420. The van der Waals surface area contributed by atoms with E-state index in [1.807, 2.05) is 22.9 Å². The van der Waals surface area contributed by atoms with Crippen LogP contribution in [0.25, 0.3) is 22.5 Å². The molecule has 1 aliphatic heterocycles. The minimum atomic E-state index is -0.0776. The van der Waals surface area contributed by atoms with Gasteiger partial charge in [0.2, 0.25) is 17.0 Å². The summed E-state index contributed by atoms with van der Waals surface area (Å²) in [6.45, 7) is 2.90. The molecule has 0 bridgehead atoms. The molecule has 0 radical (unpaired) electrons. The average Bonchev–Trinajstić information content (AvgIpc) is 3.41. The molecular weight excluding hydrogens is 400 g/mol. The first-order valence-corrected chi connectivity index (χ1v) is 10.5. The molecule has 0 saturated carbocycles. The van der Waals surface area contributed by atoms with E-state index in [-0.39, 0.29) is 12.6 Å². The summed E-state index contributed by atoms with van der Waals surface area (Å²) in [5.41, 5.74) is 5.00. The highest BCUT2D eigenvalue weighted by molar-refractivity contribution is 6.29. The zero-order valence-corrected chi connectivity index (χ0v) is 17.5. The lowest BCUT2D eigenvalue weighted by Gasteiger charge is -2.12. The molecule has 2 aromatic carbocycles. The summed E-state index contributed by atoms with van der Waals surface area (Å²) in [5.74, 6) is 0.571. The number of rotatable bonds is 8. The number of hydrogen-bond donors (Lipinski definition) is 2. The molecule has 3 aromatic rings. The van der Waals surface area contributed by atoms with E-state index in [9.17, 15) is 5.11 Å². The van der Waals surface area contributed by atoms with Crippen molar-refractivity contribution in [3.63, 3.8) is 0 Å². The fourth-order valence-electron chi connectivity index (χ4n) is 3.74. The zero-order chi connectivity index (χ0) is 20.9. The number of aromatic amines is 1. The summed E-state index contributed by atoms with van der Waals surface area (Å²) < 4.78 is 2.01. The third kappa shape index (κ3) is 4.17. The van der Waals surface area contributed by atoms with Gasteiger partial charge in [0.1, 0.15) is 0 Å². The van der Waals surface area contributed by atoms with Crippen molar-refractivity contribution in [2.75, 3.05) is 13.2 Å². The molecule has 30 heavy (non-hydrogen) atoms. The van der Waals surface area contributed by atoms with E-state index in [2.05, 4.69) is 63.0 Å². The molecule has 7 nitrogen and oxygen atoms in total. The summed E-state index contributed by atoms with van der Waals surface area (Å²) in [5, 5.41) is 29.1. The average molecular weight is 424 g/mol. The van der Waals surface area contributed by atoms with Crippen molar-refractivity contribution in [2.45, 2.75) is 32.2 Å². The Kier molecular flexibility index (Phi) is 6.30. The van der Waals surface area contributed by atoms with Gasteiger partial charge >= 0.3 is 0 Å². The van der Waals surface area contributed by atoms with E-state index in [4.69, 9.17) is 11.6 Å². The molecule has 4 rings (SSSR count). The number of hydrogen-bond acceptors (Lipinski definition) is 5. The maximum absolute atomic E-state index is 9.79. The monoisotopic (exact) mass is 423 g/mol. The number of aliphatic hydroxyl groups is 1. The van der Waals surface area contributed by atoms with Crippen molar-refractivity contribution >= 4 is 11.6 Å². The van der Waals surface area contributed by atoms with Gasteiger partial charge in [0, 0.05) is 23.5 Å². The van der Waals surface area contributed by atoms with Gasteiger partial charge in [-0.2, -0.15) is 5.21 Å². The first kappa shape index (κ1) is 20.4. The molecule has 2 heterocycles. The van der Waals surface area contributed by atoms with E-state index in [0.717, 1.165) is 53.6 Å². The largest absolute Gasteiger partial charge is 0.392 e. The summed E-state index contributed by atoms with van der Waals surface area (Å²) in [4.78, 5) is 0. The Morgan fingerprint density at radius 3 is 2.53 bits per heavy atom. The third-order valence-corrected chi connectivity index (χ3v) is 5.68. The van der Waals surface area contributed by atoms with Crippen molar-refractivity contribution in [1.29, 1.82) is 0 Å². The van der Waals surface area contributed by atoms with E-state index >= 15 is 0 Å². The van der Waals surface area contributed by atoms with E-state index in [1.165, 1.54) is 0 Å². The molecule has 8 heteroatoms. The van der Waals surface area contributed by atoms with Crippen molar-refractivity contribution in [2.24, 2.45) is 5.11 Å². The van der Waals surface area contributed by atoms with E-state index < -0.39 is 0 Å². The first-order valence-electron chi connectivity index (χ1n) is 10.1. The van der Waals surface area contributed by atoms with Crippen LogP contribution in [0.3, 0.4) is 0 Å². The Labute approximate surface area is 180 Å². The maximum Gasteiger partial charge on any atom is 0.209 e. The maximum atomic E-state index is 9.79. The Hall–Kier alpha value is -2.90. The van der Waals surface area contributed by atoms with Crippen molar-refractivity contribution in [3.8, 4) is 22.5 Å². The molecule has 1 aromatic heterocycles. The number of azo groups is 2. The highest BCUT2D eigenvalue weighted by Gasteiger charge is 2.35. The Morgan fingerprint density at radius 2 is 1.87 bits per heavy atom. The number of H-pyrrole nitrogens is 1. The highest BCUT2D eigenvalue weighted by Crippen LogP contribution is 2.31. The Morgan fingerprint density at radius 1 is 1.10 bits per heavy atom. The van der Waals surface area contributed by atoms with Gasteiger partial charge in [-0.15, -0.1) is 14.9 Å². The molecule has 0 saturated heterocycles. The second-order valence-electron chi connectivity index (χ2n) is 7.29. The third-order valence-electron chi connectivity index (χ3n) is 5.36. The lowest BCUT2D eigenvalue weighted by molar-refractivity contribution is -0.611. The number of tetrazole rings is 1. The van der Waals surface area contributed by atoms with Crippen LogP contribution in [0.1, 0.15) is 25.3 Å². The summed E-state index contributed by atoms with van der Waals surface area (Å²) in [6.07, 6.45) is 2.86. The number of benzene rings is 2. The molecule has 2 N–H and O–H groups in total. The van der Waals surface area contributed by atoms with Crippen LogP contribution in [0, 0.1) is 0 Å². The molecule has 1 aliphatic rings. The van der Waals surface area contributed by atoms with Crippen molar-refractivity contribution in [3.05, 3.63) is 64.8 Å². The number of nitrogens with one attached hydrogen (secondary N) is 1. The van der Waals surface area contributed by atoms with Gasteiger partial charge in [-0.1, -0.05) is 73.5 Å². The lowest BCUT2D eigenvalue weighted by Crippen LogP contribution is -2.28. The Balaban J connectivity index is 1.57. The van der Waals surface area contributed by atoms with Gasteiger partial charge in [-0.3, -0.25) is 0 Å². The predicted octanol–water partition coefficient (Wildman–Crippen LogP) is 4.17. The normalized spacial score (nSPS) is 16.2. The molecule has 0 amide bonds. The molecule has 0 aliphatic carbocycles. The van der Waals surface area contributed by atoms with Crippen LogP contribution in [0.4, 0.5) is 0 Å². The fourth-order valence-corrected chi connectivity index (χ4v) is 4.02.